The summed E-state index contributed by atoms with van der Waals surface area (Å²) in [5, 5.41) is 17.1. The summed E-state index contributed by atoms with van der Waals surface area (Å²) in [5.41, 5.74) is 4.00. The Morgan fingerprint density at radius 1 is 0.906 bits per heavy atom. The van der Waals surface area contributed by atoms with Crippen LogP contribution in [0.25, 0.3) is 0 Å². The first-order valence-electron chi connectivity index (χ1n) is 11.0. The topological polar surface area (TPSA) is 78.4 Å². The number of rotatable bonds is 4. The molecule has 2 aliphatic rings. The molecule has 166 valence electrons. The fourth-order valence-corrected chi connectivity index (χ4v) is 4.39. The van der Waals surface area contributed by atoms with Crippen molar-refractivity contribution in [3.8, 4) is 0 Å². The summed E-state index contributed by atoms with van der Waals surface area (Å²) in [5.74, 6) is -2.03. The maximum absolute atomic E-state index is 13.6. The minimum atomic E-state index is -0.877. The van der Waals surface area contributed by atoms with Crippen molar-refractivity contribution in [1.29, 1.82) is 0 Å². The molecule has 0 saturated heterocycles. The van der Waals surface area contributed by atoms with E-state index < -0.39 is 11.8 Å². The third-order valence-corrected chi connectivity index (χ3v) is 6.02. The first kappa shape index (κ1) is 21.9. The number of fused-ring (bicyclic) bond motifs is 2. The highest BCUT2D eigenvalue weighted by atomic mass is 16.3. The molecule has 2 aliphatic carbocycles. The minimum absolute atomic E-state index is 0.0393. The number of allylic oxidation sites excluding steroid dienone is 4. The van der Waals surface area contributed by atoms with E-state index in [1.165, 1.54) is 11.6 Å². The second-order valence-corrected chi connectivity index (χ2v) is 9.87. The fourth-order valence-electron chi connectivity index (χ4n) is 4.39. The van der Waals surface area contributed by atoms with E-state index in [4.69, 9.17) is 0 Å². The maximum atomic E-state index is 13.6. The van der Waals surface area contributed by atoms with Crippen LogP contribution >= 0.6 is 0 Å². The van der Waals surface area contributed by atoms with Gasteiger partial charge >= 0.3 is 0 Å². The van der Waals surface area contributed by atoms with Gasteiger partial charge in [0.15, 0.2) is 11.6 Å². The zero-order valence-electron chi connectivity index (χ0n) is 19.2. The summed E-state index contributed by atoms with van der Waals surface area (Å²) in [7, 11) is 0. The lowest BCUT2D eigenvalue weighted by atomic mass is 9.70. The van der Waals surface area contributed by atoms with Crippen LogP contribution in [0, 0.1) is 11.8 Å². The molecule has 0 radical (unpaired) electrons. The van der Waals surface area contributed by atoms with Gasteiger partial charge in [0, 0.05) is 17.4 Å². The van der Waals surface area contributed by atoms with E-state index in [0.717, 1.165) is 5.69 Å². The normalized spacial score (nSPS) is 20.0. The quantitative estimate of drug-likeness (QED) is 0.540. The molecule has 0 heterocycles. The van der Waals surface area contributed by atoms with Crippen LogP contribution in [0.3, 0.4) is 0 Å². The lowest BCUT2D eigenvalue weighted by molar-refractivity contribution is 0.0760. The van der Waals surface area contributed by atoms with Crippen molar-refractivity contribution in [3.05, 3.63) is 77.1 Å². The summed E-state index contributed by atoms with van der Waals surface area (Å²) >= 11 is 0. The Labute approximate surface area is 189 Å². The van der Waals surface area contributed by atoms with Crippen molar-refractivity contribution in [1.82, 2.24) is 0 Å². The van der Waals surface area contributed by atoms with Gasteiger partial charge in [0.05, 0.1) is 28.7 Å². The van der Waals surface area contributed by atoms with E-state index in [1.807, 2.05) is 38.1 Å². The molecule has 32 heavy (non-hydrogen) atoms. The van der Waals surface area contributed by atoms with Crippen molar-refractivity contribution in [2.45, 2.75) is 46.1 Å². The maximum Gasteiger partial charge on any atom is 0.177 e. The molecule has 0 spiro atoms. The lowest BCUT2D eigenvalue weighted by Crippen LogP contribution is -2.39. The third-order valence-electron chi connectivity index (χ3n) is 6.02. The van der Waals surface area contributed by atoms with E-state index in [2.05, 4.69) is 43.5 Å². The van der Waals surface area contributed by atoms with E-state index in [1.54, 1.807) is 12.2 Å². The van der Waals surface area contributed by atoms with Crippen LogP contribution in [0.2, 0.25) is 0 Å². The van der Waals surface area contributed by atoms with Gasteiger partial charge in [-0.15, -0.1) is 0 Å². The van der Waals surface area contributed by atoms with Gasteiger partial charge < -0.3 is 15.7 Å². The second-order valence-electron chi connectivity index (χ2n) is 9.87. The van der Waals surface area contributed by atoms with Crippen molar-refractivity contribution in [3.63, 3.8) is 0 Å². The predicted molar refractivity (Wildman–Crippen MR) is 129 cm³/mol. The Balaban J connectivity index is 1.81. The predicted octanol–water partition coefficient (Wildman–Crippen LogP) is 6.17. The van der Waals surface area contributed by atoms with E-state index in [-0.39, 0.29) is 28.8 Å². The number of Topliss-reactive ketones (excluding diaryl/α,β-unsaturated/α-hetero) is 2. The average Bonchev–Trinajstić information content (AvgIpc) is 2.72. The average molecular weight is 431 g/mol. The third kappa shape index (κ3) is 3.83. The zero-order chi connectivity index (χ0) is 23.2. The molecule has 5 heteroatoms. The molecule has 4 rings (SSSR count). The molecule has 0 bridgehead atoms. The van der Waals surface area contributed by atoms with Crippen LogP contribution in [0.4, 0.5) is 17.1 Å². The van der Waals surface area contributed by atoms with Gasteiger partial charge in [-0.05, 0) is 55.2 Å². The van der Waals surface area contributed by atoms with Crippen LogP contribution in [0.1, 0.15) is 60.9 Å². The number of ketones is 2. The highest BCUT2D eigenvalue weighted by Crippen LogP contribution is 2.43. The number of hydrogen-bond acceptors (Lipinski definition) is 5. The van der Waals surface area contributed by atoms with Crippen molar-refractivity contribution in [2.24, 2.45) is 11.8 Å². The van der Waals surface area contributed by atoms with Crippen LogP contribution in [-0.4, -0.2) is 22.7 Å². The van der Waals surface area contributed by atoms with Crippen LogP contribution in [0.5, 0.6) is 0 Å². The van der Waals surface area contributed by atoms with Gasteiger partial charge in [0.25, 0.3) is 0 Å². The minimum Gasteiger partial charge on any atom is -0.512 e. The second kappa shape index (κ2) is 7.97. The number of carbonyl (C=O) groups excluding carboxylic acids is 2. The van der Waals surface area contributed by atoms with E-state index in [9.17, 15) is 14.7 Å². The number of aliphatic hydroxyl groups excluding tert-OH is 1. The molecule has 2 aromatic rings. The number of carbonyl (C=O) groups is 2. The van der Waals surface area contributed by atoms with Crippen molar-refractivity contribution >= 4 is 28.6 Å². The Morgan fingerprint density at radius 2 is 1.53 bits per heavy atom. The SMILES string of the molecule is CC(C)Nc1ccc(Nc2ccc(C(C)(C)C)cc2)c2c1C(=O)[C@@H]1C=CC=C(O)[C@H]1C2=O. The van der Waals surface area contributed by atoms with Gasteiger partial charge in [0.1, 0.15) is 5.76 Å². The van der Waals surface area contributed by atoms with Gasteiger partial charge in [-0.1, -0.05) is 45.1 Å². The number of benzene rings is 2. The molecule has 0 aliphatic heterocycles. The summed E-state index contributed by atoms with van der Waals surface area (Å²) in [6.45, 7) is 10.5. The smallest absolute Gasteiger partial charge is 0.177 e. The first-order chi connectivity index (χ1) is 15.1. The van der Waals surface area contributed by atoms with Gasteiger partial charge in [-0.2, -0.15) is 0 Å². The molecular formula is C27H30N2O3. The Kier molecular flexibility index (Phi) is 5.45. The molecule has 0 unspecified atom stereocenters. The summed E-state index contributed by atoms with van der Waals surface area (Å²) < 4.78 is 0. The standard InChI is InChI=1S/C27H30N2O3/c1-15(2)28-19-13-14-20(29-17-11-9-16(10-12-17)27(3,4)5)24-23(19)25(31)18-7-6-8-21(30)22(18)26(24)32/h6-15,18,22,28-30H,1-5H3/t18-,22+/m1/s1. The van der Waals surface area contributed by atoms with Crippen molar-refractivity contribution in [2.75, 3.05) is 10.6 Å². The Morgan fingerprint density at radius 3 is 2.16 bits per heavy atom. The van der Waals surface area contributed by atoms with Gasteiger partial charge in [0.2, 0.25) is 0 Å². The molecule has 2 aromatic carbocycles. The Hall–Kier alpha value is -3.34. The van der Waals surface area contributed by atoms with Gasteiger partial charge in [-0.25, -0.2) is 0 Å². The summed E-state index contributed by atoms with van der Waals surface area (Å²) in [4.78, 5) is 27.1. The summed E-state index contributed by atoms with van der Waals surface area (Å²) in [6, 6.07) is 11.8. The molecule has 0 fully saturated rings. The number of anilines is 3. The molecule has 5 nitrogen and oxygen atoms in total. The molecule has 0 aromatic heterocycles. The number of aliphatic hydroxyl groups is 1. The molecule has 0 saturated carbocycles. The number of nitrogens with one attached hydrogen (secondary N) is 2. The van der Waals surface area contributed by atoms with Crippen LogP contribution < -0.4 is 10.6 Å². The highest BCUT2D eigenvalue weighted by molar-refractivity contribution is 6.22. The zero-order valence-corrected chi connectivity index (χ0v) is 19.2. The van der Waals surface area contributed by atoms with Crippen molar-refractivity contribution < 1.29 is 14.7 Å². The molecular weight excluding hydrogens is 400 g/mol. The highest BCUT2D eigenvalue weighted by Gasteiger charge is 2.45. The summed E-state index contributed by atoms with van der Waals surface area (Å²) in [6.07, 6.45) is 4.84. The van der Waals surface area contributed by atoms with Crippen LogP contribution in [0.15, 0.2) is 60.4 Å². The van der Waals surface area contributed by atoms with E-state index in [0.29, 0.717) is 22.5 Å². The fraction of sp³-hybridized carbons (Fsp3) is 0.333. The lowest BCUT2D eigenvalue weighted by Gasteiger charge is -2.33. The Bertz CT molecular complexity index is 1130. The molecule has 2 atom stereocenters. The van der Waals surface area contributed by atoms with E-state index >= 15 is 0 Å². The number of hydrogen-bond donors (Lipinski definition) is 3. The largest absolute Gasteiger partial charge is 0.512 e. The molecule has 0 amide bonds. The van der Waals surface area contributed by atoms with Gasteiger partial charge in [-0.3, -0.25) is 9.59 Å². The van der Waals surface area contributed by atoms with Crippen LogP contribution in [-0.2, 0) is 5.41 Å². The monoisotopic (exact) mass is 430 g/mol. The first-order valence-corrected chi connectivity index (χ1v) is 11.0. The molecule has 3 N–H and O–H groups in total.